The van der Waals surface area contributed by atoms with E-state index in [2.05, 4.69) is 11.9 Å². The minimum absolute atomic E-state index is 0.144. The number of Topliss-reactive ketones (excluding diaryl/α,β-unsaturated/α-hetero) is 1. The number of ether oxygens (including phenoxy) is 1. The largest absolute Gasteiger partial charge is 0.497 e. The van der Waals surface area contributed by atoms with Gasteiger partial charge in [0.15, 0.2) is 5.78 Å². The summed E-state index contributed by atoms with van der Waals surface area (Å²) in [5.41, 5.74) is 2.05. The Morgan fingerprint density at radius 2 is 2.18 bits per heavy atom. The van der Waals surface area contributed by atoms with E-state index in [0.29, 0.717) is 5.75 Å². The van der Waals surface area contributed by atoms with Crippen LogP contribution in [-0.2, 0) is 0 Å². The average molecular weight is 329 g/mol. The minimum atomic E-state index is 0.144. The summed E-state index contributed by atoms with van der Waals surface area (Å²) in [5.74, 6) is 1.34. The zero-order valence-electron chi connectivity index (χ0n) is 12.3. The van der Waals surface area contributed by atoms with Gasteiger partial charge in [-0.15, -0.1) is 11.3 Å². The van der Waals surface area contributed by atoms with Gasteiger partial charge in [0.1, 0.15) is 5.75 Å². The summed E-state index contributed by atoms with van der Waals surface area (Å²) in [5, 5.41) is 3.89. The van der Waals surface area contributed by atoms with Crippen LogP contribution < -0.4 is 4.74 Å². The quantitative estimate of drug-likeness (QED) is 0.507. The molecule has 3 nitrogen and oxygen atoms in total. The van der Waals surface area contributed by atoms with Crippen molar-refractivity contribution in [3.05, 3.63) is 52.2 Å². The summed E-state index contributed by atoms with van der Waals surface area (Å²) in [6.07, 6.45) is 0. The van der Waals surface area contributed by atoms with Crippen molar-refractivity contribution in [2.45, 2.75) is 11.9 Å². The van der Waals surface area contributed by atoms with Crippen molar-refractivity contribution in [2.75, 3.05) is 12.9 Å². The number of hydrogen-bond acceptors (Lipinski definition) is 5. The van der Waals surface area contributed by atoms with Crippen molar-refractivity contribution in [1.82, 2.24) is 4.98 Å². The fourth-order valence-electron chi connectivity index (χ4n) is 2.20. The molecule has 3 aromatic rings. The molecule has 0 radical (unpaired) electrons. The first-order valence-corrected chi connectivity index (χ1v) is 8.69. The van der Waals surface area contributed by atoms with Crippen LogP contribution in [0, 0.1) is 6.92 Å². The van der Waals surface area contributed by atoms with E-state index in [9.17, 15) is 4.79 Å². The topological polar surface area (TPSA) is 39.2 Å². The standard InChI is InChI=1S/C17H15NO2S2/c1-11-8-17(22-10-15(19)16-4-3-7-21-16)18-14-9-12(20-2)5-6-13(11)14/h3-9H,10H2,1-2H3. The Morgan fingerprint density at radius 1 is 1.32 bits per heavy atom. The first-order valence-electron chi connectivity index (χ1n) is 6.82. The minimum Gasteiger partial charge on any atom is -0.497 e. The fraction of sp³-hybridized carbons (Fsp3) is 0.176. The van der Waals surface area contributed by atoms with Gasteiger partial charge >= 0.3 is 0 Å². The second-order valence-electron chi connectivity index (χ2n) is 4.85. The van der Waals surface area contributed by atoms with Gasteiger partial charge in [-0.25, -0.2) is 4.98 Å². The highest BCUT2D eigenvalue weighted by Crippen LogP contribution is 2.27. The zero-order chi connectivity index (χ0) is 15.5. The molecular formula is C17H15NO2S2. The first kappa shape index (κ1) is 15.1. The van der Waals surface area contributed by atoms with Crippen LogP contribution >= 0.6 is 23.1 Å². The third-order valence-electron chi connectivity index (χ3n) is 3.35. The van der Waals surface area contributed by atoms with E-state index in [1.54, 1.807) is 7.11 Å². The molecule has 0 saturated carbocycles. The highest BCUT2D eigenvalue weighted by Gasteiger charge is 2.10. The van der Waals surface area contributed by atoms with E-state index < -0.39 is 0 Å². The van der Waals surface area contributed by atoms with E-state index in [-0.39, 0.29) is 5.78 Å². The summed E-state index contributed by atoms with van der Waals surface area (Å²) in [4.78, 5) is 17.5. The second-order valence-corrected chi connectivity index (χ2v) is 6.79. The molecule has 0 atom stereocenters. The summed E-state index contributed by atoms with van der Waals surface area (Å²) in [6, 6.07) is 11.7. The number of carbonyl (C=O) groups is 1. The number of thiophene rings is 1. The van der Waals surface area contributed by atoms with Gasteiger partial charge in [-0.05, 0) is 42.1 Å². The molecule has 0 bridgehead atoms. The SMILES string of the molecule is COc1ccc2c(C)cc(SCC(=O)c3cccs3)nc2c1. The maximum absolute atomic E-state index is 12.1. The van der Waals surface area contributed by atoms with Gasteiger partial charge in [0.05, 0.1) is 28.3 Å². The van der Waals surface area contributed by atoms with Gasteiger partial charge < -0.3 is 4.74 Å². The van der Waals surface area contributed by atoms with E-state index in [1.165, 1.54) is 23.1 Å². The van der Waals surface area contributed by atoms with Gasteiger partial charge in [0.2, 0.25) is 0 Å². The summed E-state index contributed by atoms with van der Waals surface area (Å²) in [6.45, 7) is 2.06. The molecule has 0 saturated heterocycles. The lowest BCUT2D eigenvalue weighted by molar-refractivity contribution is 0.102. The normalized spacial score (nSPS) is 10.8. The number of aryl methyl sites for hydroxylation is 1. The number of fused-ring (bicyclic) bond motifs is 1. The highest BCUT2D eigenvalue weighted by atomic mass is 32.2. The number of benzene rings is 1. The lowest BCUT2D eigenvalue weighted by atomic mass is 10.1. The number of methoxy groups -OCH3 is 1. The smallest absolute Gasteiger partial charge is 0.183 e. The number of aromatic nitrogens is 1. The van der Waals surface area contributed by atoms with Crippen LogP contribution in [0.3, 0.4) is 0 Å². The number of pyridine rings is 1. The number of rotatable bonds is 5. The number of carbonyl (C=O) groups excluding carboxylic acids is 1. The molecule has 5 heteroatoms. The first-order chi connectivity index (χ1) is 10.7. The second kappa shape index (κ2) is 6.50. The molecule has 0 aliphatic carbocycles. The Balaban J connectivity index is 1.83. The van der Waals surface area contributed by atoms with Crippen molar-refractivity contribution in [3.8, 4) is 5.75 Å². The summed E-state index contributed by atoms with van der Waals surface area (Å²) < 4.78 is 5.25. The van der Waals surface area contributed by atoms with Gasteiger partial charge in [-0.3, -0.25) is 4.79 Å². The molecule has 3 rings (SSSR count). The van der Waals surface area contributed by atoms with Crippen LogP contribution in [0.2, 0.25) is 0 Å². The Kier molecular flexibility index (Phi) is 4.45. The molecule has 0 aliphatic heterocycles. The van der Waals surface area contributed by atoms with Crippen molar-refractivity contribution in [2.24, 2.45) is 0 Å². The molecule has 2 heterocycles. The number of nitrogens with zero attached hydrogens (tertiary/aromatic N) is 1. The van der Waals surface area contributed by atoms with Crippen LogP contribution in [0.15, 0.2) is 46.8 Å². The fourth-order valence-corrected chi connectivity index (χ4v) is 3.81. The molecule has 22 heavy (non-hydrogen) atoms. The Morgan fingerprint density at radius 3 is 2.91 bits per heavy atom. The molecule has 1 aromatic carbocycles. The van der Waals surface area contributed by atoms with Crippen LogP contribution in [0.25, 0.3) is 10.9 Å². The lowest BCUT2D eigenvalue weighted by Crippen LogP contribution is -2.00. The van der Waals surface area contributed by atoms with Gasteiger partial charge in [0.25, 0.3) is 0 Å². The lowest BCUT2D eigenvalue weighted by Gasteiger charge is -2.07. The third-order valence-corrected chi connectivity index (χ3v) is 5.17. The third kappa shape index (κ3) is 3.15. The highest BCUT2D eigenvalue weighted by molar-refractivity contribution is 8.00. The average Bonchev–Trinajstić information content (AvgIpc) is 3.06. The van der Waals surface area contributed by atoms with Gasteiger partial charge in [-0.2, -0.15) is 0 Å². The molecule has 112 valence electrons. The van der Waals surface area contributed by atoms with Crippen molar-refractivity contribution >= 4 is 39.8 Å². The van der Waals surface area contributed by atoms with E-state index >= 15 is 0 Å². The zero-order valence-corrected chi connectivity index (χ0v) is 14.0. The Labute approximate surface area is 137 Å². The van der Waals surface area contributed by atoms with Crippen LogP contribution in [0.5, 0.6) is 5.75 Å². The predicted molar refractivity (Wildman–Crippen MR) is 92.4 cm³/mol. The number of thioether (sulfide) groups is 1. The van der Waals surface area contributed by atoms with Crippen LogP contribution in [0.4, 0.5) is 0 Å². The maximum atomic E-state index is 12.1. The molecular weight excluding hydrogens is 314 g/mol. The molecule has 0 aliphatic rings. The van der Waals surface area contributed by atoms with E-state index in [0.717, 1.165) is 32.1 Å². The van der Waals surface area contributed by atoms with Gasteiger partial charge in [-0.1, -0.05) is 17.8 Å². The van der Waals surface area contributed by atoms with E-state index in [1.807, 2.05) is 41.8 Å². The molecule has 0 N–H and O–H groups in total. The molecule has 0 spiro atoms. The van der Waals surface area contributed by atoms with E-state index in [4.69, 9.17) is 4.74 Å². The van der Waals surface area contributed by atoms with Crippen molar-refractivity contribution in [3.63, 3.8) is 0 Å². The van der Waals surface area contributed by atoms with Gasteiger partial charge in [0, 0.05) is 11.5 Å². The van der Waals surface area contributed by atoms with Crippen molar-refractivity contribution in [1.29, 1.82) is 0 Å². The predicted octanol–water partition coefficient (Wildman–Crippen LogP) is 4.59. The number of ketones is 1. The molecule has 2 aromatic heterocycles. The number of hydrogen-bond donors (Lipinski definition) is 0. The van der Waals surface area contributed by atoms with Crippen LogP contribution in [-0.4, -0.2) is 23.6 Å². The van der Waals surface area contributed by atoms with Crippen molar-refractivity contribution < 1.29 is 9.53 Å². The molecule has 0 unspecified atom stereocenters. The molecule has 0 amide bonds. The maximum Gasteiger partial charge on any atom is 0.183 e. The summed E-state index contributed by atoms with van der Waals surface area (Å²) in [7, 11) is 1.65. The van der Waals surface area contributed by atoms with Crippen LogP contribution in [0.1, 0.15) is 15.2 Å². The molecule has 0 fully saturated rings. The Hall–Kier alpha value is -1.85. The Bertz CT molecular complexity index is 813. The summed E-state index contributed by atoms with van der Waals surface area (Å²) >= 11 is 2.95. The monoisotopic (exact) mass is 329 g/mol.